The van der Waals surface area contributed by atoms with Crippen molar-refractivity contribution in [2.45, 2.75) is 13.3 Å². The second-order valence-corrected chi connectivity index (χ2v) is 7.15. The zero-order valence-electron chi connectivity index (χ0n) is 12.2. The minimum atomic E-state index is -0.473. The van der Waals surface area contributed by atoms with Gasteiger partial charge in [0.05, 0.1) is 21.6 Å². The summed E-state index contributed by atoms with van der Waals surface area (Å²) >= 11 is 18.1. The van der Waals surface area contributed by atoms with E-state index in [9.17, 15) is 9.59 Å². The number of thiocarbonyl (C=S) groups is 1. The van der Waals surface area contributed by atoms with E-state index in [2.05, 4.69) is 0 Å². The SMILES string of the molecule is CCCOC(=O)CN1C(=O)C(=Cc2ccc(Cl)c(Cl)c2)SC1=S. The van der Waals surface area contributed by atoms with Gasteiger partial charge in [-0.1, -0.05) is 60.2 Å². The van der Waals surface area contributed by atoms with Crippen LogP contribution in [0.4, 0.5) is 0 Å². The van der Waals surface area contributed by atoms with E-state index in [0.717, 1.165) is 23.7 Å². The Balaban J connectivity index is 2.12. The smallest absolute Gasteiger partial charge is 0.326 e. The molecule has 0 radical (unpaired) electrons. The predicted molar refractivity (Wildman–Crippen MR) is 97.6 cm³/mol. The zero-order valence-corrected chi connectivity index (χ0v) is 15.3. The first-order valence-electron chi connectivity index (χ1n) is 6.78. The van der Waals surface area contributed by atoms with E-state index in [-0.39, 0.29) is 12.5 Å². The number of hydrogen-bond donors (Lipinski definition) is 0. The third kappa shape index (κ3) is 4.70. The Hall–Kier alpha value is -1.08. The van der Waals surface area contributed by atoms with Crippen molar-refractivity contribution in [1.82, 2.24) is 4.90 Å². The van der Waals surface area contributed by atoms with Crippen LogP contribution in [0.3, 0.4) is 0 Å². The van der Waals surface area contributed by atoms with Gasteiger partial charge in [0.25, 0.3) is 5.91 Å². The fourth-order valence-corrected chi connectivity index (χ4v) is 3.34. The highest BCUT2D eigenvalue weighted by molar-refractivity contribution is 8.26. The van der Waals surface area contributed by atoms with E-state index < -0.39 is 5.97 Å². The normalized spacial score (nSPS) is 16.3. The van der Waals surface area contributed by atoms with E-state index >= 15 is 0 Å². The Morgan fingerprint density at radius 1 is 1.39 bits per heavy atom. The number of ether oxygens (including phenoxy) is 1. The summed E-state index contributed by atoms with van der Waals surface area (Å²) in [7, 11) is 0. The molecular weight excluding hydrogens is 377 g/mol. The summed E-state index contributed by atoms with van der Waals surface area (Å²) in [5.74, 6) is -0.793. The molecule has 0 aromatic heterocycles. The number of nitrogens with zero attached hydrogens (tertiary/aromatic N) is 1. The van der Waals surface area contributed by atoms with Crippen molar-refractivity contribution < 1.29 is 14.3 Å². The van der Waals surface area contributed by atoms with Crippen molar-refractivity contribution in [3.8, 4) is 0 Å². The van der Waals surface area contributed by atoms with Gasteiger partial charge in [-0.3, -0.25) is 14.5 Å². The Bertz CT molecular complexity index is 691. The largest absolute Gasteiger partial charge is 0.464 e. The van der Waals surface area contributed by atoms with Gasteiger partial charge in [0.2, 0.25) is 0 Å². The highest BCUT2D eigenvalue weighted by atomic mass is 35.5. The van der Waals surface area contributed by atoms with E-state index in [4.69, 9.17) is 40.2 Å². The first kappa shape index (κ1) is 18.3. The molecule has 1 aliphatic rings. The van der Waals surface area contributed by atoms with Crippen molar-refractivity contribution >= 4 is 69.5 Å². The number of benzene rings is 1. The van der Waals surface area contributed by atoms with Crippen molar-refractivity contribution in [2.75, 3.05) is 13.2 Å². The average molecular weight is 390 g/mol. The van der Waals surface area contributed by atoms with Crippen LogP contribution in [0.5, 0.6) is 0 Å². The monoisotopic (exact) mass is 389 g/mol. The fourth-order valence-electron chi connectivity index (χ4n) is 1.78. The molecule has 1 saturated heterocycles. The fraction of sp³-hybridized carbons (Fsp3) is 0.267. The maximum absolute atomic E-state index is 12.4. The number of amides is 1. The van der Waals surface area contributed by atoms with Gasteiger partial charge in [0.15, 0.2) is 0 Å². The third-order valence-electron chi connectivity index (χ3n) is 2.87. The van der Waals surface area contributed by atoms with Crippen LogP contribution in [0, 0.1) is 0 Å². The minimum absolute atomic E-state index is 0.177. The second-order valence-electron chi connectivity index (χ2n) is 4.66. The van der Waals surface area contributed by atoms with E-state index in [1.54, 1.807) is 24.3 Å². The van der Waals surface area contributed by atoms with Gasteiger partial charge in [-0.2, -0.15) is 0 Å². The highest BCUT2D eigenvalue weighted by Crippen LogP contribution is 2.33. The topological polar surface area (TPSA) is 46.6 Å². The lowest BCUT2D eigenvalue weighted by Gasteiger charge is -2.13. The molecule has 122 valence electrons. The molecule has 1 aromatic carbocycles. The van der Waals surface area contributed by atoms with Gasteiger partial charge >= 0.3 is 5.97 Å². The molecule has 1 fully saturated rings. The van der Waals surface area contributed by atoms with Crippen LogP contribution in [0.15, 0.2) is 23.1 Å². The summed E-state index contributed by atoms with van der Waals surface area (Å²) < 4.78 is 5.31. The van der Waals surface area contributed by atoms with Gasteiger partial charge in [-0.15, -0.1) is 0 Å². The van der Waals surface area contributed by atoms with E-state index in [1.807, 2.05) is 6.92 Å². The molecule has 1 aromatic rings. The van der Waals surface area contributed by atoms with Gasteiger partial charge in [0.1, 0.15) is 10.9 Å². The van der Waals surface area contributed by atoms with Gasteiger partial charge in [-0.05, 0) is 30.2 Å². The Morgan fingerprint density at radius 3 is 2.78 bits per heavy atom. The third-order valence-corrected chi connectivity index (χ3v) is 4.99. The molecule has 23 heavy (non-hydrogen) atoms. The van der Waals surface area contributed by atoms with Crippen molar-refractivity contribution in [2.24, 2.45) is 0 Å². The molecule has 4 nitrogen and oxygen atoms in total. The number of halogens is 2. The van der Waals surface area contributed by atoms with Crippen LogP contribution in [0.2, 0.25) is 10.0 Å². The van der Waals surface area contributed by atoms with Gasteiger partial charge in [-0.25, -0.2) is 0 Å². The number of carbonyl (C=O) groups excluding carboxylic acids is 2. The molecule has 8 heteroatoms. The molecule has 0 saturated carbocycles. The zero-order chi connectivity index (χ0) is 17.0. The molecule has 1 aliphatic heterocycles. The molecule has 0 unspecified atom stereocenters. The number of esters is 1. The number of carbonyl (C=O) groups is 2. The molecule has 0 N–H and O–H groups in total. The molecule has 0 atom stereocenters. The van der Waals surface area contributed by atoms with Crippen LogP contribution >= 0.6 is 47.2 Å². The molecule has 0 bridgehead atoms. The molecule has 1 heterocycles. The van der Waals surface area contributed by atoms with Gasteiger partial charge < -0.3 is 4.74 Å². The minimum Gasteiger partial charge on any atom is -0.464 e. The predicted octanol–water partition coefficient (Wildman–Crippen LogP) is 4.15. The van der Waals surface area contributed by atoms with E-state index in [0.29, 0.717) is 25.9 Å². The molecular formula is C15H13Cl2NO3S2. The lowest BCUT2D eigenvalue weighted by atomic mass is 10.2. The second kappa shape index (κ2) is 8.15. The molecule has 2 rings (SSSR count). The summed E-state index contributed by atoms with van der Waals surface area (Å²) in [6, 6.07) is 5.06. The molecule has 1 amide bonds. The van der Waals surface area contributed by atoms with Crippen LogP contribution in [0.25, 0.3) is 6.08 Å². The lowest BCUT2D eigenvalue weighted by Crippen LogP contribution is -2.34. The van der Waals surface area contributed by atoms with Gasteiger partial charge in [0, 0.05) is 0 Å². The van der Waals surface area contributed by atoms with Crippen molar-refractivity contribution in [1.29, 1.82) is 0 Å². The summed E-state index contributed by atoms with van der Waals surface area (Å²) in [5, 5.41) is 0.842. The van der Waals surface area contributed by atoms with Crippen LogP contribution in [-0.4, -0.2) is 34.2 Å². The Kier molecular flexibility index (Phi) is 6.47. The van der Waals surface area contributed by atoms with E-state index in [1.165, 1.54) is 4.90 Å². The van der Waals surface area contributed by atoms with Crippen LogP contribution in [-0.2, 0) is 14.3 Å². The summed E-state index contributed by atoms with van der Waals surface area (Å²) in [6.45, 7) is 2.04. The number of rotatable bonds is 5. The maximum atomic E-state index is 12.4. The summed E-state index contributed by atoms with van der Waals surface area (Å²) in [4.78, 5) is 25.7. The van der Waals surface area contributed by atoms with Crippen LogP contribution < -0.4 is 0 Å². The first-order chi connectivity index (χ1) is 10.9. The quantitative estimate of drug-likeness (QED) is 0.430. The molecule has 0 spiro atoms. The van der Waals surface area contributed by atoms with Crippen LogP contribution in [0.1, 0.15) is 18.9 Å². The lowest BCUT2D eigenvalue weighted by molar-refractivity contribution is -0.146. The Morgan fingerprint density at radius 2 is 2.13 bits per heavy atom. The standard InChI is InChI=1S/C15H13Cl2NO3S2/c1-2-5-21-13(19)8-18-14(20)12(23-15(18)22)7-9-3-4-10(16)11(17)6-9/h3-4,6-7H,2,5,8H2,1H3. The van der Waals surface area contributed by atoms with Crippen molar-refractivity contribution in [3.63, 3.8) is 0 Å². The average Bonchev–Trinajstić information content (AvgIpc) is 2.76. The molecule has 0 aliphatic carbocycles. The van der Waals surface area contributed by atoms with Crippen molar-refractivity contribution in [3.05, 3.63) is 38.7 Å². The highest BCUT2D eigenvalue weighted by Gasteiger charge is 2.33. The Labute approximate surface area is 153 Å². The summed E-state index contributed by atoms with van der Waals surface area (Å²) in [5.41, 5.74) is 0.730. The first-order valence-corrected chi connectivity index (χ1v) is 8.76. The number of thioether (sulfide) groups is 1. The number of hydrogen-bond acceptors (Lipinski definition) is 5. The summed E-state index contributed by atoms with van der Waals surface area (Å²) in [6.07, 6.45) is 2.39. The maximum Gasteiger partial charge on any atom is 0.326 e.